The Balaban J connectivity index is 1.69. The highest BCUT2D eigenvalue weighted by Crippen LogP contribution is 2.25. The molecule has 8 heteroatoms. The molecule has 1 aliphatic rings. The predicted octanol–water partition coefficient (Wildman–Crippen LogP) is 2.40. The summed E-state index contributed by atoms with van der Waals surface area (Å²) in [5, 5.41) is 12.4. The van der Waals surface area contributed by atoms with E-state index in [1.54, 1.807) is 12.1 Å². The minimum atomic E-state index is -0.286. The molecule has 0 saturated heterocycles. The van der Waals surface area contributed by atoms with Crippen LogP contribution in [0.3, 0.4) is 0 Å². The van der Waals surface area contributed by atoms with E-state index in [-0.39, 0.29) is 23.5 Å². The molecule has 3 rings (SSSR count). The molecule has 1 aromatic carbocycles. The minimum Gasteiger partial charge on any atom is -0.355 e. The molecule has 1 heterocycles. The average molecular weight is 421 g/mol. The summed E-state index contributed by atoms with van der Waals surface area (Å²) in [6.45, 7) is 2.83. The summed E-state index contributed by atoms with van der Waals surface area (Å²) in [6, 6.07) is 6.39. The van der Waals surface area contributed by atoms with Crippen LogP contribution in [0.2, 0.25) is 0 Å². The monoisotopic (exact) mass is 420 g/mol. The smallest absolute Gasteiger partial charge is 0.230 e. The zero-order valence-electron chi connectivity index (χ0n) is 17.4. The highest BCUT2D eigenvalue weighted by molar-refractivity contribution is 7.99. The molecule has 1 aromatic heterocycles. The molecule has 158 valence electrons. The number of nitrogens with zero attached hydrogens (tertiary/aromatic N) is 3. The van der Waals surface area contributed by atoms with E-state index in [9.17, 15) is 9.18 Å². The first-order valence-corrected chi connectivity index (χ1v) is 11.3. The summed E-state index contributed by atoms with van der Waals surface area (Å²) in [5.74, 6) is 1.42. The summed E-state index contributed by atoms with van der Waals surface area (Å²) in [5.41, 5.74) is 0.796. The average Bonchev–Trinajstić information content (AvgIpc) is 3.15. The Morgan fingerprint density at radius 2 is 1.93 bits per heavy atom. The molecule has 0 unspecified atom stereocenters. The number of halogens is 1. The Kier molecular flexibility index (Phi) is 7.66. The van der Waals surface area contributed by atoms with E-state index in [1.165, 1.54) is 60.9 Å². The number of nitrogens with one attached hydrogen (secondary N) is 2. The molecular weight excluding hydrogens is 389 g/mol. The van der Waals surface area contributed by atoms with E-state index in [4.69, 9.17) is 0 Å². The van der Waals surface area contributed by atoms with Crippen molar-refractivity contribution in [2.24, 2.45) is 5.92 Å². The van der Waals surface area contributed by atoms with Gasteiger partial charge in [-0.25, -0.2) is 4.39 Å². The molecule has 1 saturated carbocycles. The van der Waals surface area contributed by atoms with Crippen LogP contribution in [0, 0.1) is 11.7 Å². The normalized spacial score (nSPS) is 16.2. The van der Waals surface area contributed by atoms with Crippen LogP contribution in [0.5, 0.6) is 0 Å². The highest BCUT2D eigenvalue weighted by atomic mass is 32.2. The number of carbonyl (C=O) groups is 1. The van der Waals surface area contributed by atoms with Gasteiger partial charge >= 0.3 is 0 Å². The third-order valence-electron chi connectivity index (χ3n) is 5.64. The molecule has 0 spiro atoms. The lowest BCUT2D eigenvalue weighted by Gasteiger charge is -2.21. The van der Waals surface area contributed by atoms with E-state index in [1.807, 2.05) is 4.57 Å². The van der Waals surface area contributed by atoms with Crippen molar-refractivity contribution in [3.8, 4) is 5.69 Å². The van der Waals surface area contributed by atoms with E-state index in [0.717, 1.165) is 18.1 Å². The topological polar surface area (TPSA) is 64.2 Å². The van der Waals surface area contributed by atoms with E-state index in [2.05, 4.69) is 36.5 Å². The fourth-order valence-electron chi connectivity index (χ4n) is 3.58. The summed E-state index contributed by atoms with van der Waals surface area (Å²) < 4.78 is 15.3. The molecular formula is C21H31FN5OS+. The number of thioether (sulfide) groups is 1. The number of amides is 1. The molecule has 0 radical (unpaired) electrons. The van der Waals surface area contributed by atoms with Gasteiger partial charge in [0.2, 0.25) is 5.91 Å². The molecule has 1 aliphatic carbocycles. The number of carbonyl (C=O) groups excluding carboxylic acids is 1. The van der Waals surface area contributed by atoms with Gasteiger partial charge in [-0.3, -0.25) is 9.36 Å². The van der Waals surface area contributed by atoms with Crippen LogP contribution in [-0.4, -0.2) is 47.1 Å². The van der Waals surface area contributed by atoms with Gasteiger partial charge in [0, 0.05) is 12.2 Å². The van der Waals surface area contributed by atoms with Crippen LogP contribution in [0.15, 0.2) is 29.4 Å². The first-order chi connectivity index (χ1) is 14.0. The Morgan fingerprint density at radius 1 is 1.24 bits per heavy atom. The van der Waals surface area contributed by atoms with Crippen molar-refractivity contribution < 1.29 is 14.1 Å². The van der Waals surface area contributed by atoms with Gasteiger partial charge in [-0.05, 0) is 49.9 Å². The maximum absolute atomic E-state index is 13.4. The van der Waals surface area contributed by atoms with Crippen molar-refractivity contribution >= 4 is 17.7 Å². The fraction of sp³-hybridized carbons (Fsp3) is 0.571. The zero-order chi connectivity index (χ0) is 20.8. The lowest BCUT2D eigenvalue weighted by atomic mass is 9.89. The Hall–Kier alpha value is -1.93. The third-order valence-corrected chi connectivity index (χ3v) is 6.57. The van der Waals surface area contributed by atoms with Crippen molar-refractivity contribution in [2.75, 3.05) is 26.4 Å². The Bertz CT molecular complexity index is 802. The van der Waals surface area contributed by atoms with Gasteiger partial charge in [-0.2, -0.15) is 0 Å². The van der Waals surface area contributed by atoms with Gasteiger partial charge in [0.25, 0.3) is 0 Å². The van der Waals surface area contributed by atoms with Crippen molar-refractivity contribution in [3.05, 3.63) is 35.9 Å². The lowest BCUT2D eigenvalue weighted by molar-refractivity contribution is -0.890. The van der Waals surface area contributed by atoms with Crippen LogP contribution < -0.4 is 10.2 Å². The van der Waals surface area contributed by atoms with Gasteiger partial charge < -0.3 is 10.2 Å². The van der Waals surface area contributed by atoms with E-state index >= 15 is 0 Å². The predicted molar refractivity (Wildman–Crippen MR) is 113 cm³/mol. The summed E-state index contributed by atoms with van der Waals surface area (Å²) in [4.78, 5) is 13.6. The first kappa shape index (κ1) is 21.8. The Labute approximate surface area is 176 Å². The van der Waals surface area contributed by atoms with E-state index < -0.39 is 0 Å². The largest absolute Gasteiger partial charge is 0.355 e. The highest BCUT2D eigenvalue weighted by Gasteiger charge is 2.24. The van der Waals surface area contributed by atoms with Crippen LogP contribution in [0.4, 0.5) is 4.39 Å². The van der Waals surface area contributed by atoms with Crippen molar-refractivity contribution in [1.29, 1.82) is 0 Å². The summed E-state index contributed by atoms with van der Waals surface area (Å²) >= 11 is 1.37. The van der Waals surface area contributed by atoms with Crippen LogP contribution in [0.25, 0.3) is 5.69 Å². The second kappa shape index (κ2) is 10.2. The van der Waals surface area contributed by atoms with Crippen molar-refractivity contribution in [1.82, 2.24) is 20.1 Å². The molecule has 0 aliphatic heterocycles. The zero-order valence-corrected chi connectivity index (χ0v) is 18.3. The molecule has 29 heavy (non-hydrogen) atoms. The van der Waals surface area contributed by atoms with Gasteiger partial charge in [-0.15, -0.1) is 10.2 Å². The summed E-state index contributed by atoms with van der Waals surface area (Å²) in [7, 11) is 4.11. The van der Waals surface area contributed by atoms with Crippen LogP contribution in [-0.2, 0) is 4.79 Å². The van der Waals surface area contributed by atoms with E-state index in [0.29, 0.717) is 11.1 Å². The van der Waals surface area contributed by atoms with Gasteiger partial charge in [-0.1, -0.05) is 31.0 Å². The number of rotatable bonds is 8. The first-order valence-electron chi connectivity index (χ1n) is 10.4. The standard InChI is InChI=1S/C21H30FN5OS/c1-15(26(2)3)20-24-25-21(27(20)18-11-9-17(22)10-12-18)29-14-19(28)23-13-16-7-5-4-6-8-16/h9-12,15-16H,4-8,13-14H2,1-3H3,(H,23,28)/p+1/t15-/m0/s1. The van der Waals surface area contributed by atoms with Crippen LogP contribution >= 0.6 is 11.8 Å². The SMILES string of the molecule is C[C@@H](c1nnc(SCC(=O)NCC2CCCCC2)n1-c1ccc(F)cc1)[NH+](C)C. The number of hydrogen-bond acceptors (Lipinski definition) is 4. The molecule has 0 bridgehead atoms. The number of benzene rings is 1. The molecule has 6 nitrogen and oxygen atoms in total. The van der Waals surface area contributed by atoms with Gasteiger partial charge in [0.05, 0.1) is 19.8 Å². The molecule has 1 fully saturated rings. The van der Waals surface area contributed by atoms with Gasteiger partial charge in [0.1, 0.15) is 11.9 Å². The number of hydrogen-bond donors (Lipinski definition) is 2. The second-order valence-electron chi connectivity index (χ2n) is 8.05. The van der Waals surface area contributed by atoms with Crippen molar-refractivity contribution in [3.63, 3.8) is 0 Å². The molecule has 2 N–H and O–H groups in total. The van der Waals surface area contributed by atoms with Crippen LogP contribution in [0.1, 0.15) is 50.9 Å². The number of aromatic nitrogens is 3. The minimum absolute atomic E-state index is 0.0158. The fourth-order valence-corrected chi connectivity index (χ4v) is 4.37. The second-order valence-corrected chi connectivity index (χ2v) is 8.99. The maximum Gasteiger partial charge on any atom is 0.230 e. The Morgan fingerprint density at radius 3 is 2.59 bits per heavy atom. The quantitative estimate of drug-likeness (QED) is 0.644. The molecule has 1 atom stereocenters. The van der Waals surface area contributed by atoms with Crippen molar-refractivity contribution in [2.45, 2.75) is 50.2 Å². The number of quaternary nitrogens is 1. The maximum atomic E-state index is 13.4. The molecule has 2 aromatic rings. The van der Waals surface area contributed by atoms with Gasteiger partial charge in [0.15, 0.2) is 11.0 Å². The molecule has 1 amide bonds. The lowest BCUT2D eigenvalue weighted by Crippen LogP contribution is -3.05. The summed E-state index contributed by atoms with van der Waals surface area (Å²) in [6.07, 6.45) is 6.27. The third kappa shape index (κ3) is 5.79.